The predicted octanol–water partition coefficient (Wildman–Crippen LogP) is 2.16. The third kappa shape index (κ3) is 5.53. The molecule has 0 amide bonds. The van der Waals surface area contributed by atoms with Crippen LogP contribution >= 0.6 is 0 Å². The quantitative estimate of drug-likeness (QED) is 0.475. The Bertz CT molecular complexity index is 459. The Labute approximate surface area is 128 Å². The summed E-state index contributed by atoms with van der Waals surface area (Å²) < 4.78 is 10.9. The van der Waals surface area contributed by atoms with Gasteiger partial charge in [0, 0.05) is 27.7 Å². The molecule has 1 aromatic carbocycles. The monoisotopic (exact) mass is 293 g/mol. The summed E-state index contributed by atoms with van der Waals surface area (Å²) in [5.74, 6) is 2.50. The molecular weight excluding hydrogens is 266 g/mol. The Morgan fingerprint density at radius 3 is 2.62 bits per heavy atom. The summed E-state index contributed by atoms with van der Waals surface area (Å²) in [6.45, 7) is 3.50. The van der Waals surface area contributed by atoms with E-state index in [0.717, 1.165) is 36.8 Å². The molecule has 0 heterocycles. The standard InChI is InChI=1S/C16H27N3O2/c1-6-21-15-12-13(9-10-14(15)20-5)8-7-11-18-16(17-2)19(3)4/h9-10,12H,6-8,11H2,1-5H3,(H,17,18). The average Bonchev–Trinajstić information content (AvgIpc) is 2.47. The number of guanidine groups is 1. The first-order chi connectivity index (χ1) is 10.1. The van der Waals surface area contributed by atoms with Crippen LogP contribution in [0.1, 0.15) is 18.9 Å². The average molecular weight is 293 g/mol. The lowest BCUT2D eigenvalue weighted by Gasteiger charge is -2.16. The van der Waals surface area contributed by atoms with Crippen molar-refractivity contribution in [3.8, 4) is 11.5 Å². The molecule has 0 fully saturated rings. The van der Waals surface area contributed by atoms with Gasteiger partial charge in [-0.3, -0.25) is 4.99 Å². The summed E-state index contributed by atoms with van der Waals surface area (Å²) in [4.78, 5) is 6.16. The lowest BCUT2D eigenvalue weighted by molar-refractivity contribution is 0.310. The molecule has 21 heavy (non-hydrogen) atoms. The Morgan fingerprint density at radius 1 is 1.29 bits per heavy atom. The zero-order valence-electron chi connectivity index (χ0n) is 13.8. The Balaban J connectivity index is 2.50. The molecule has 1 aromatic rings. The van der Waals surface area contributed by atoms with Gasteiger partial charge in [-0.1, -0.05) is 6.07 Å². The van der Waals surface area contributed by atoms with Crippen LogP contribution in [0, 0.1) is 0 Å². The van der Waals surface area contributed by atoms with E-state index >= 15 is 0 Å². The highest BCUT2D eigenvalue weighted by Crippen LogP contribution is 2.28. The Kier molecular flexibility index (Phi) is 7.43. The zero-order chi connectivity index (χ0) is 15.7. The minimum Gasteiger partial charge on any atom is -0.493 e. The fourth-order valence-corrected chi connectivity index (χ4v) is 2.07. The van der Waals surface area contributed by atoms with Gasteiger partial charge < -0.3 is 19.7 Å². The third-order valence-corrected chi connectivity index (χ3v) is 3.09. The van der Waals surface area contributed by atoms with E-state index in [1.54, 1.807) is 14.2 Å². The van der Waals surface area contributed by atoms with Crippen LogP contribution in [0.5, 0.6) is 11.5 Å². The molecule has 0 radical (unpaired) electrons. The molecule has 1 N–H and O–H groups in total. The largest absolute Gasteiger partial charge is 0.493 e. The molecule has 0 aliphatic heterocycles. The lowest BCUT2D eigenvalue weighted by atomic mass is 10.1. The summed E-state index contributed by atoms with van der Waals surface area (Å²) in [6, 6.07) is 6.11. The molecule has 0 spiro atoms. The molecule has 0 saturated carbocycles. The van der Waals surface area contributed by atoms with Crippen LogP contribution < -0.4 is 14.8 Å². The molecule has 0 atom stereocenters. The second-order valence-corrected chi connectivity index (χ2v) is 4.89. The summed E-state index contributed by atoms with van der Waals surface area (Å²) >= 11 is 0. The van der Waals surface area contributed by atoms with Gasteiger partial charge in [-0.25, -0.2) is 0 Å². The molecule has 0 saturated heterocycles. The van der Waals surface area contributed by atoms with E-state index in [1.807, 2.05) is 32.0 Å². The smallest absolute Gasteiger partial charge is 0.193 e. The molecule has 0 aromatic heterocycles. The number of nitrogens with zero attached hydrogens (tertiary/aromatic N) is 2. The van der Waals surface area contributed by atoms with Crippen molar-refractivity contribution >= 4 is 5.96 Å². The van der Waals surface area contributed by atoms with Crippen LogP contribution in [0.3, 0.4) is 0 Å². The highest BCUT2D eigenvalue weighted by atomic mass is 16.5. The summed E-state index contributed by atoms with van der Waals surface area (Å²) in [7, 11) is 7.41. The van der Waals surface area contributed by atoms with E-state index in [1.165, 1.54) is 5.56 Å². The SMILES string of the molecule is CCOc1cc(CCCNC(=NC)N(C)C)ccc1OC. The third-order valence-electron chi connectivity index (χ3n) is 3.09. The number of methoxy groups -OCH3 is 1. The van der Waals surface area contributed by atoms with Gasteiger partial charge in [0.15, 0.2) is 17.5 Å². The number of rotatable bonds is 7. The maximum atomic E-state index is 5.60. The number of aliphatic imine (C=N–C) groups is 1. The first-order valence-corrected chi connectivity index (χ1v) is 7.30. The number of hydrogen-bond donors (Lipinski definition) is 1. The number of hydrogen-bond acceptors (Lipinski definition) is 3. The predicted molar refractivity (Wildman–Crippen MR) is 87.5 cm³/mol. The van der Waals surface area contributed by atoms with Crippen LogP contribution in [-0.2, 0) is 6.42 Å². The van der Waals surface area contributed by atoms with Crippen LogP contribution in [0.25, 0.3) is 0 Å². The minimum atomic E-state index is 0.639. The fraction of sp³-hybridized carbons (Fsp3) is 0.562. The topological polar surface area (TPSA) is 46.1 Å². The minimum absolute atomic E-state index is 0.639. The van der Waals surface area contributed by atoms with Gasteiger partial charge in [-0.05, 0) is 37.5 Å². The van der Waals surface area contributed by atoms with Crippen molar-refractivity contribution in [2.45, 2.75) is 19.8 Å². The van der Waals surface area contributed by atoms with Crippen molar-refractivity contribution in [1.82, 2.24) is 10.2 Å². The van der Waals surface area contributed by atoms with E-state index in [9.17, 15) is 0 Å². The molecular formula is C16H27N3O2. The highest BCUT2D eigenvalue weighted by Gasteiger charge is 2.05. The van der Waals surface area contributed by atoms with Crippen LogP contribution in [0.15, 0.2) is 23.2 Å². The summed E-state index contributed by atoms with van der Waals surface area (Å²) in [5.41, 5.74) is 1.25. The molecule has 118 valence electrons. The second kappa shape index (κ2) is 9.10. The molecule has 0 unspecified atom stereocenters. The van der Waals surface area contributed by atoms with E-state index in [-0.39, 0.29) is 0 Å². The van der Waals surface area contributed by atoms with E-state index in [4.69, 9.17) is 9.47 Å². The van der Waals surface area contributed by atoms with E-state index in [0.29, 0.717) is 6.61 Å². The molecule has 0 aliphatic carbocycles. The van der Waals surface area contributed by atoms with Gasteiger partial charge in [0.2, 0.25) is 0 Å². The zero-order valence-corrected chi connectivity index (χ0v) is 13.8. The Morgan fingerprint density at radius 2 is 2.05 bits per heavy atom. The van der Waals surface area contributed by atoms with Crippen LogP contribution in [0.2, 0.25) is 0 Å². The molecule has 1 rings (SSSR count). The van der Waals surface area contributed by atoms with E-state index in [2.05, 4.69) is 22.4 Å². The molecule has 5 heteroatoms. The number of ether oxygens (including phenoxy) is 2. The first-order valence-electron chi connectivity index (χ1n) is 7.30. The maximum absolute atomic E-state index is 5.60. The normalized spacial score (nSPS) is 11.2. The van der Waals surface area contributed by atoms with Crippen molar-refractivity contribution in [3.63, 3.8) is 0 Å². The van der Waals surface area contributed by atoms with Crippen molar-refractivity contribution in [2.75, 3.05) is 41.4 Å². The van der Waals surface area contributed by atoms with Gasteiger partial charge in [-0.15, -0.1) is 0 Å². The summed E-state index contributed by atoms with van der Waals surface area (Å²) in [5, 5.41) is 3.32. The van der Waals surface area contributed by atoms with Crippen LogP contribution in [-0.4, -0.2) is 52.3 Å². The van der Waals surface area contributed by atoms with Gasteiger partial charge in [0.05, 0.1) is 13.7 Å². The van der Waals surface area contributed by atoms with Gasteiger partial charge in [0.25, 0.3) is 0 Å². The van der Waals surface area contributed by atoms with E-state index < -0.39 is 0 Å². The van der Waals surface area contributed by atoms with Crippen molar-refractivity contribution in [1.29, 1.82) is 0 Å². The van der Waals surface area contributed by atoms with Gasteiger partial charge in [0.1, 0.15) is 0 Å². The molecule has 0 bridgehead atoms. The van der Waals surface area contributed by atoms with Crippen molar-refractivity contribution in [2.24, 2.45) is 4.99 Å². The number of aryl methyl sites for hydroxylation is 1. The second-order valence-electron chi connectivity index (χ2n) is 4.89. The Hall–Kier alpha value is -1.91. The van der Waals surface area contributed by atoms with Crippen molar-refractivity contribution < 1.29 is 9.47 Å². The van der Waals surface area contributed by atoms with Gasteiger partial charge >= 0.3 is 0 Å². The van der Waals surface area contributed by atoms with Gasteiger partial charge in [-0.2, -0.15) is 0 Å². The van der Waals surface area contributed by atoms with Crippen LogP contribution in [0.4, 0.5) is 0 Å². The molecule has 5 nitrogen and oxygen atoms in total. The summed E-state index contributed by atoms with van der Waals surface area (Å²) in [6.07, 6.45) is 2.02. The molecule has 0 aliphatic rings. The first kappa shape index (κ1) is 17.1. The lowest BCUT2D eigenvalue weighted by Crippen LogP contribution is -2.36. The number of benzene rings is 1. The fourth-order valence-electron chi connectivity index (χ4n) is 2.07. The number of nitrogens with one attached hydrogen (secondary N) is 1. The maximum Gasteiger partial charge on any atom is 0.193 e. The van der Waals surface area contributed by atoms with Crippen molar-refractivity contribution in [3.05, 3.63) is 23.8 Å². The highest BCUT2D eigenvalue weighted by molar-refractivity contribution is 5.79.